The molecule has 1 aromatic heterocycles. The number of carboxylic acid groups (broad SMARTS) is 1. The van der Waals surface area contributed by atoms with Gasteiger partial charge in [0.25, 0.3) is 6.47 Å². The van der Waals surface area contributed by atoms with Crippen molar-refractivity contribution in [1.82, 2.24) is 18.8 Å². The molecule has 4 rings (SSSR count). The molecule has 1 aliphatic heterocycles. The van der Waals surface area contributed by atoms with Gasteiger partial charge in [-0.25, -0.2) is 13.4 Å². The van der Waals surface area contributed by atoms with E-state index < -0.39 is 10.0 Å². The second kappa shape index (κ2) is 9.57. The molecule has 1 N–H and O–H groups in total. The molecule has 2 heterocycles. The standard InChI is InChI=1S/C19H32N4O2S.CH2O2/c1-15-16(2)23(26(24,25)19-8-9-19)11-10-21(15)13-18-12-20-14-22(18)17-6-4-3-5-7-17;2-1-3/h12,14-17,19H,3-11,13H2,1-2H3;1H,(H,2,3)/t15-,16+;/m0./s1. The molecule has 0 unspecified atom stereocenters. The maximum Gasteiger partial charge on any atom is 0.290 e. The zero-order chi connectivity index (χ0) is 21.0. The fraction of sp³-hybridized carbons (Fsp3) is 0.800. The van der Waals surface area contributed by atoms with Gasteiger partial charge >= 0.3 is 0 Å². The predicted octanol–water partition coefficient (Wildman–Crippen LogP) is 2.48. The van der Waals surface area contributed by atoms with Crippen molar-refractivity contribution in [2.75, 3.05) is 13.1 Å². The lowest BCUT2D eigenvalue weighted by atomic mass is 9.95. The largest absolute Gasteiger partial charge is 0.483 e. The highest BCUT2D eigenvalue weighted by Gasteiger charge is 2.45. The molecule has 0 spiro atoms. The minimum Gasteiger partial charge on any atom is -0.483 e. The lowest BCUT2D eigenvalue weighted by molar-refractivity contribution is -0.122. The molecule has 1 saturated heterocycles. The van der Waals surface area contributed by atoms with Crippen LogP contribution in [0.2, 0.25) is 0 Å². The lowest BCUT2D eigenvalue weighted by Crippen LogP contribution is -2.59. The van der Waals surface area contributed by atoms with Gasteiger partial charge in [0, 0.05) is 44.0 Å². The molecule has 0 bridgehead atoms. The van der Waals surface area contributed by atoms with E-state index >= 15 is 0 Å². The third-order valence-electron chi connectivity index (χ3n) is 6.69. The summed E-state index contributed by atoms with van der Waals surface area (Å²) in [5.41, 5.74) is 1.27. The minimum atomic E-state index is -3.09. The van der Waals surface area contributed by atoms with Gasteiger partial charge in [0.15, 0.2) is 0 Å². The monoisotopic (exact) mass is 426 g/mol. The molecule has 2 saturated carbocycles. The van der Waals surface area contributed by atoms with Gasteiger partial charge in [-0.05, 0) is 39.5 Å². The Labute approximate surface area is 173 Å². The molecule has 1 aromatic rings. The summed E-state index contributed by atoms with van der Waals surface area (Å²) in [5.74, 6) is 0. The Bertz CT molecular complexity index is 771. The van der Waals surface area contributed by atoms with E-state index in [4.69, 9.17) is 9.90 Å². The Kier molecular flexibility index (Phi) is 7.34. The van der Waals surface area contributed by atoms with E-state index in [2.05, 4.69) is 28.3 Å². The normalized spacial score (nSPS) is 27.2. The number of imidazole rings is 1. The van der Waals surface area contributed by atoms with Crippen molar-refractivity contribution in [3.05, 3.63) is 18.2 Å². The number of aromatic nitrogens is 2. The molecule has 2 atom stereocenters. The van der Waals surface area contributed by atoms with Crippen LogP contribution in [0, 0.1) is 0 Å². The molecule has 0 radical (unpaired) electrons. The molecular formula is C20H34N4O4S. The number of piperazine rings is 1. The second-order valence-corrected chi connectivity index (χ2v) is 10.7. The van der Waals surface area contributed by atoms with Crippen LogP contribution in [0.1, 0.15) is 70.5 Å². The number of nitrogens with zero attached hydrogens (tertiary/aromatic N) is 4. The first-order valence-corrected chi connectivity index (χ1v) is 12.2. The SMILES string of the molecule is C[C@@H]1[C@H](C)N(Cc2cncn2C2CCCCC2)CCN1S(=O)(=O)C1CC1.O=CO. The molecule has 2 aliphatic carbocycles. The van der Waals surface area contributed by atoms with Crippen molar-refractivity contribution in [2.45, 2.75) is 88.7 Å². The zero-order valence-corrected chi connectivity index (χ0v) is 18.3. The second-order valence-electron chi connectivity index (χ2n) is 8.50. The lowest BCUT2D eigenvalue weighted by Gasteiger charge is -2.44. The van der Waals surface area contributed by atoms with Crippen LogP contribution in [0.25, 0.3) is 0 Å². The average molecular weight is 427 g/mol. The summed E-state index contributed by atoms with van der Waals surface area (Å²) in [7, 11) is -3.09. The Hall–Kier alpha value is -1.45. The van der Waals surface area contributed by atoms with Gasteiger partial charge in [-0.2, -0.15) is 4.31 Å². The topological polar surface area (TPSA) is 95.7 Å². The van der Waals surface area contributed by atoms with E-state index in [1.165, 1.54) is 37.8 Å². The van der Waals surface area contributed by atoms with E-state index in [0.717, 1.165) is 25.9 Å². The van der Waals surface area contributed by atoms with Crippen molar-refractivity contribution in [3.63, 3.8) is 0 Å². The van der Waals surface area contributed by atoms with Crippen molar-refractivity contribution in [3.8, 4) is 0 Å². The van der Waals surface area contributed by atoms with Crippen molar-refractivity contribution in [2.24, 2.45) is 0 Å². The highest BCUT2D eigenvalue weighted by Crippen LogP contribution is 2.34. The maximum atomic E-state index is 12.7. The van der Waals surface area contributed by atoms with E-state index in [1.807, 2.05) is 12.5 Å². The number of rotatable bonds is 5. The van der Waals surface area contributed by atoms with Crippen LogP contribution in [0.4, 0.5) is 0 Å². The van der Waals surface area contributed by atoms with Crippen LogP contribution in [0.15, 0.2) is 12.5 Å². The number of sulfonamides is 1. The van der Waals surface area contributed by atoms with Crippen LogP contribution in [0.3, 0.4) is 0 Å². The van der Waals surface area contributed by atoms with Crippen molar-refractivity contribution in [1.29, 1.82) is 0 Å². The minimum absolute atomic E-state index is 0.0281. The van der Waals surface area contributed by atoms with Crippen LogP contribution >= 0.6 is 0 Å². The first kappa shape index (κ1) is 22.2. The summed E-state index contributed by atoms with van der Waals surface area (Å²) in [5, 5.41) is 6.77. The smallest absolute Gasteiger partial charge is 0.290 e. The van der Waals surface area contributed by atoms with E-state index in [-0.39, 0.29) is 23.8 Å². The maximum absolute atomic E-state index is 12.7. The molecule has 9 heteroatoms. The fourth-order valence-electron chi connectivity index (χ4n) is 4.67. The van der Waals surface area contributed by atoms with Gasteiger partial charge in [0.1, 0.15) is 0 Å². The average Bonchev–Trinajstić information content (AvgIpc) is 3.47. The van der Waals surface area contributed by atoms with E-state index in [1.54, 1.807) is 4.31 Å². The molecular weight excluding hydrogens is 392 g/mol. The Morgan fingerprint density at radius 2 is 1.76 bits per heavy atom. The molecule has 0 amide bonds. The molecule has 3 aliphatic rings. The third kappa shape index (κ3) is 5.00. The van der Waals surface area contributed by atoms with Gasteiger partial charge in [-0.3, -0.25) is 9.69 Å². The van der Waals surface area contributed by atoms with Crippen LogP contribution in [-0.4, -0.2) is 69.2 Å². The molecule has 0 aromatic carbocycles. The van der Waals surface area contributed by atoms with Crippen molar-refractivity contribution < 1.29 is 18.3 Å². The van der Waals surface area contributed by atoms with Gasteiger partial charge in [-0.15, -0.1) is 0 Å². The van der Waals surface area contributed by atoms with Gasteiger partial charge < -0.3 is 9.67 Å². The number of carbonyl (C=O) groups is 1. The number of hydrogen-bond acceptors (Lipinski definition) is 5. The Morgan fingerprint density at radius 1 is 1.10 bits per heavy atom. The summed E-state index contributed by atoms with van der Waals surface area (Å²) in [6.45, 7) is 6.25. The molecule has 164 valence electrons. The highest BCUT2D eigenvalue weighted by atomic mass is 32.2. The van der Waals surface area contributed by atoms with Crippen LogP contribution in [0.5, 0.6) is 0 Å². The summed E-state index contributed by atoms with van der Waals surface area (Å²) in [6, 6.07) is 0.831. The van der Waals surface area contributed by atoms with Gasteiger partial charge in [0.05, 0.1) is 17.3 Å². The predicted molar refractivity (Wildman–Crippen MR) is 111 cm³/mol. The Morgan fingerprint density at radius 3 is 2.38 bits per heavy atom. The van der Waals surface area contributed by atoms with Gasteiger partial charge in [0.2, 0.25) is 10.0 Å². The first-order valence-electron chi connectivity index (χ1n) is 10.7. The summed E-state index contributed by atoms with van der Waals surface area (Å²) >= 11 is 0. The fourth-order valence-corrected chi connectivity index (χ4v) is 6.76. The number of hydrogen-bond donors (Lipinski definition) is 1. The summed E-state index contributed by atoms with van der Waals surface area (Å²) in [6.07, 6.45) is 12.2. The summed E-state index contributed by atoms with van der Waals surface area (Å²) in [4.78, 5) is 15.2. The van der Waals surface area contributed by atoms with Crippen LogP contribution < -0.4 is 0 Å². The summed E-state index contributed by atoms with van der Waals surface area (Å²) < 4.78 is 29.5. The third-order valence-corrected chi connectivity index (χ3v) is 9.17. The highest BCUT2D eigenvalue weighted by molar-refractivity contribution is 7.90. The molecule has 29 heavy (non-hydrogen) atoms. The molecule has 8 nitrogen and oxygen atoms in total. The van der Waals surface area contributed by atoms with E-state index in [0.29, 0.717) is 12.6 Å². The zero-order valence-electron chi connectivity index (χ0n) is 17.5. The molecule has 3 fully saturated rings. The van der Waals surface area contributed by atoms with Gasteiger partial charge in [-0.1, -0.05) is 19.3 Å². The first-order chi connectivity index (χ1) is 13.9. The van der Waals surface area contributed by atoms with Crippen molar-refractivity contribution >= 4 is 16.5 Å². The Balaban J connectivity index is 0.000000755. The quantitative estimate of drug-likeness (QED) is 0.727. The van der Waals surface area contributed by atoms with Crippen LogP contribution in [-0.2, 0) is 21.4 Å². The van der Waals surface area contributed by atoms with E-state index in [9.17, 15) is 8.42 Å².